The Balaban J connectivity index is 2.06. The minimum atomic E-state index is -4.61. The molecule has 20 heavy (non-hydrogen) atoms. The molecule has 0 atom stereocenters. The fourth-order valence-corrected chi connectivity index (χ4v) is 2.30. The van der Waals surface area contributed by atoms with Gasteiger partial charge in [-0.2, -0.15) is 13.2 Å². The van der Waals surface area contributed by atoms with Crippen molar-refractivity contribution in [3.8, 4) is 0 Å². The van der Waals surface area contributed by atoms with Gasteiger partial charge in [-0.1, -0.05) is 29.8 Å². The molecule has 1 amide bonds. The third kappa shape index (κ3) is 3.36. The highest BCUT2D eigenvalue weighted by Crippen LogP contribution is 2.32. The van der Waals surface area contributed by atoms with Crippen LogP contribution in [0.3, 0.4) is 0 Å². The average molecular weight is 300 g/mol. The minimum Gasteiger partial charge on any atom is -0.347 e. The van der Waals surface area contributed by atoms with Crippen molar-refractivity contribution in [3.05, 3.63) is 51.5 Å². The van der Waals surface area contributed by atoms with Crippen LogP contribution in [0.2, 0.25) is 0 Å². The Morgan fingerprint density at radius 2 is 1.95 bits per heavy atom. The normalized spacial score (nSPS) is 11.4. The van der Waals surface area contributed by atoms with Gasteiger partial charge >= 0.3 is 6.18 Å². The number of carbonyl (C=O) groups is 1. The molecule has 1 aromatic carbocycles. The molecule has 3 nitrogen and oxygen atoms in total. The second kappa shape index (κ2) is 5.62. The maximum Gasteiger partial charge on any atom is 0.434 e. The highest BCUT2D eigenvalue weighted by atomic mass is 32.1. The Morgan fingerprint density at radius 1 is 1.30 bits per heavy atom. The van der Waals surface area contributed by atoms with Gasteiger partial charge in [-0.3, -0.25) is 4.79 Å². The Labute approximate surface area is 117 Å². The number of halogens is 3. The molecule has 2 aromatic rings. The first-order valence-electron chi connectivity index (χ1n) is 5.72. The number of carbonyl (C=O) groups excluding carboxylic acids is 1. The number of benzene rings is 1. The maximum atomic E-state index is 12.6. The maximum absolute atomic E-state index is 12.6. The first-order valence-corrected chi connectivity index (χ1v) is 6.60. The molecule has 106 valence electrons. The lowest BCUT2D eigenvalue weighted by molar-refractivity contribution is -0.141. The van der Waals surface area contributed by atoms with Gasteiger partial charge in [0.25, 0.3) is 5.91 Å². The third-order valence-electron chi connectivity index (χ3n) is 2.62. The van der Waals surface area contributed by atoms with E-state index in [1.807, 2.05) is 31.2 Å². The van der Waals surface area contributed by atoms with Gasteiger partial charge in [0.05, 0.1) is 5.51 Å². The molecule has 0 fully saturated rings. The number of alkyl halides is 3. The zero-order valence-corrected chi connectivity index (χ0v) is 11.3. The molecular weight excluding hydrogens is 289 g/mol. The lowest BCUT2D eigenvalue weighted by atomic mass is 10.1. The molecule has 0 saturated heterocycles. The fraction of sp³-hybridized carbons (Fsp3) is 0.231. The van der Waals surface area contributed by atoms with Crippen LogP contribution in [0.25, 0.3) is 0 Å². The molecule has 0 spiro atoms. The van der Waals surface area contributed by atoms with Crippen LogP contribution in [0.5, 0.6) is 0 Å². The summed E-state index contributed by atoms with van der Waals surface area (Å²) in [5.41, 5.74) is 1.77. The number of hydrogen-bond acceptors (Lipinski definition) is 3. The summed E-state index contributed by atoms with van der Waals surface area (Å²) in [5.74, 6) is -0.764. The quantitative estimate of drug-likeness (QED) is 0.944. The fourth-order valence-electron chi connectivity index (χ4n) is 1.58. The van der Waals surface area contributed by atoms with Crippen LogP contribution in [-0.2, 0) is 12.7 Å². The van der Waals surface area contributed by atoms with Gasteiger partial charge in [0.1, 0.15) is 4.88 Å². The van der Waals surface area contributed by atoms with Gasteiger partial charge < -0.3 is 5.32 Å². The van der Waals surface area contributed by atoms with E-state index in [9.17, 15) is 18.0 Å². The standard InChI is InChI=1S/C13H11F3N2OS/c1-8-2-4-9(5-3-8)6-17-12(19)10-11(13(14,15)16)18-7-20-10/h2-5,7H,6H2,1H3,(H,17,19). The van der Waals surface area contributed by atoms with Gasteiger partial charge in [0.15, 0.2) is 5.69 Å². The molecule has 0 aliphatic heterocycles. The largest absolute Gasteiger partial charge is 0.434 e. The van der Waals surface area contributed by atoms with Crippen LogP contribution in [0, 0.1) is 6.92 Å². The Kier molecular flexibility index (Phi) is 4.08. The van der Waals surface area contributed by atoms with Crippen molar-refractivity contribution >= 4 is 17.2 Å². The van der Waals surface area contributed by atoms with E-state index < -0.39 is 22.7 Å². The molecule has 1 heterocycles. The molecule has 0 unspecified atom stereocenters. The number of nitrogens with zero attached hydrogens (tertiary/aromatic N) is 1. The van der Waals surface area contributed by atoms with Crippen LogP contribution >= 0.6 is 11.3 Å². The van der Waals surface area contributed by atoms with Crippen molar-refractivity contribution in [1.82, 2.24) is 10.3 Å². The van der Waals surface area contributed by atoms with Crippen molar-refractivity contribution in [3.63, 3.8) is 0 Å². The van der Waals surface area contributed by atoms with E-state index in [0.717, 1.165) is 16.6 Å². The predicted octanol–water partition coefficient (Wildman–Crippen LogP) is 3.40. The summed E-state index contributed by atoms with van der Waals surface area (Å²) >= 11 is 0.679. The summed E-state index contributed by atoms with van der Waals surface area (Å²) in [5, 5.41) is 2.46. The topological polar surface area (TPSA) is 42.0 Å². The van der Waals surface area contributed by atoms with Crippen LogP contribution < -0.4 is 5.32 Å². The third-order valence-corrected chi connectivity index (χ3v) is 3.44. The second-order valence-corrected chi connectivity index (χ2v) is 5.05. The highest BCUT2D eigenvalue weighted by molar-refractivity contribution is 7.11. The zero-order valence-electron chi connectivity index (χ0n) is 10.5. The molecule has 0 bridgehead atoms. The summed E-state index contributed by atoms with van der Waals surface area (Å²) in [4.78, 5) is 14.6. The molecule has 1 aromatic heterocycles. The number of thiazole rings is 1. The van der Waals surface area contributed by atoms with Crippen molar-refractivity contribution < 1.29 is 18.0 Å². The summed E-state index contributed by atoms with van der Waals surface area (Å²) in [6.07, 6.45) is -4.61. The molecule has 0 radical (unpaired) electrons. The van der Waals surface area contributed by atoms with Crippen molar-refractivity contribution in [1.29, 1.82) is 0 Å². The molecule has 2 rings (SSSR count). The van der Waals surface area contributed by atoms with Crippen molar-refractivity contribution in [2.75, 3.05) is 0 Å². The lowest BCUT2D eigenvalue weighted by Crippen LogP contribution is -2.24. The Morgan fingerprint density at radius 3 is 2.55 bits per heavy atom. The van der Waals surface area contributed by atoms with E-state index in [4.69, 9.17) is 0 Å². The van der Waals surface area contributed by atoms with Crippen LogP contribution in [0.1, 0.15) is 26.5 Å². The van der Waals surface area contributed by atoms with Crippen LogP contribution in [0.15, 0.2) is 29.8 Å². The lowest BCUT2D eigenvalue weighted by Gasteiger charge is -2.07. The number of aryl methyl sites for hydroxylation is 1. The van der Waals surface area contributed by atoms with E-state index in [1.54, 1.807) is 0 Å². The first-order chi connectivity index (χ1) is 9.38. The van der Waals surface area contributed by atoms with E-state index in [1.165, 1.54) is 0 Å². The van der Waals surface area contributed by atoms with E-state index in [0.29, 0.717) is 11.3 Å². The predicted molar refractivity (Wildman–Crippen MR) is 69.5 cm³/mol. The van der Waals surface area contributed by atoms with E-state index >= 15 is 0 Å². The average Bonchev–Trinajstić information content (AvgIpc) is 2.87. The van der Waals surface area contributed by atoms with Gasteiger partial charge in [0.2, 0.25) is 0 Å². The van der Waals surface area contributed by atoms with Gasteiger partial charge in [-0.15, -0.1) is 11.3 Å². The first kappa shape index (κ1) is 14.5. The second-order valence-electron chi connectivity index (χ2n) is 4.20. The SMILES string of the molecule is Cc1ccc(CNC(=O)c2scnc2C(F)(F)F)cc1. The monoisotopic (exact) mass is 300 g/mol. The molecular formula is C13H11F3N2OS. The Bertz CT molecular complexity index is 605. The number of amides is 1. The summed E-state index contributed by atoms with van der Waals surface area (Å²) in [6.45, 7) is 2.10. The van der Waals surface area contributed by atoms with Crippen molar-refractivity contribution in [2.45, 2.75) is 19.6 Å². The summed E-state index contributed by atoms with van der Waals surface area (Å²) in [6, 6.07) is 7.37. The molecule has 7 heteroatoms. The molecule has 1 N–H and O–H groups in total. The van der Waals surface area contributed by atoms with Gasteiger partial charge in [0, 0.05) is 6.54 Å². The summed E-state index contributed by atoms with van der Waals surface area (Å²) < 4.78 is 37.8. The zero-order chi connectivity index (χ0) is 14.8. The number of rotatable bonds is 3. The van der Waals surface area contributed by atoms with Crippen LogP contribution in [0.4, 0.5) is 13.2 Å². The number of hydrogen-bond donors (Lipinski definition) is 1. The number of nitrogens with one attached hydrogen (secondary N) is 1. The molecule has 0 aliphatic carbocycles. The van der Waals surface area contributed by atoms with E-state index in [-0.39, 0.29) is 6.54 Å². The molecule has 0 aliphatic rings. The van der Waals surface area contributed by atoms with Crippen LogP contribution in [-0.4, -0.2) is 10.9 Å². The van der Waals surface area contributed by atoms with Gasteiger partial charge in [-0.25, -0.2) is 4.98 Å². The Hall–Kier alpha value is -1.89. The number of aromatic nitrogens is 1. The smallest absolute Gasteiger partial charge is 0.347 e. The van der Waals surface area contributed by atoms with E-state index in [2.05, 4.69) is 10.3 Å². The van der Waals surface area contributed by atoms with Gasteiger partial charge in [-0.05, 0) is 12.5 Å². The minimum absolute atomic E-state index is 0.175. The molecule has 0 saturated carbocycles. The highest BCUT2D eigenvalue weighted by Gasteiger charge is 2.38. The van der Waals surface area contributed by atoms with Crippen molar-refractivity contribution in [2.24, 2.45) is 0 Å². The summed E-state index contributed by atoms with van der Waals surface area (Å²) in [7, 11) is 0.